The Bertz CT molecular complexity index is 284. The highest BCUT2D eigenvalue weighted by Crippen LogP contribution is 2.29. The van der Waals surface area contributed by atoms with E-state index in [1.807, 2.05) is 24.3 Å². The molecule has 1 aromatic carbocycles. The Morgan fingerprint density at radius 1 is 1.38 bits per heavy atom. The van der Waals surface area contributed by atoms with E-state index in [2.05, 4.69) is 5.48 Å². The summed E-state index contributed by atoms with van der Waals surface area (Å²) in [6, 6.07) is 7.59. The summed E-state index contributed by atoms with van der Waals surface area (Å²) < 4.78 is 0. The molecular weight excluding hydrogens is 164 g/mol. The van der Waals surface area contributed by atoms with Gasteiger partial charge in [0.25, 0.3) is 0 Å². The lowest BCUT2D eigenvalue weighted by Crippen LogP contribution is -2.05. The van der Waals surface area contributed by atoms with Crippen molar-refractivity contribution in [3.05, 3.63) is 24.3 Å². The first-order valence-corrected chi connectivity index (χ1v) is 4.58. The molecule has 0 aromatic heterocycles. The van der Waals surface area contributed by atoms with Crippen LogP contribution in [0.15, 0.2) is 24.3 Å². The van der Waals surface area contributed by atoms with Crippen LogP contribution in [0.5, 0.6) is 0 Å². The molecule has 1 saturated carbocycles. The summed E-state index contributed by atoms with van der Waals surface area (Å²) in [4.78, 5) is 5.29. The maximum absolute atomic E-state index is 5.71. The van der Waals surface area contributed by atoms with Crippen LogP contribution in [0.2, 0.25) is 0 Å². The van der Waals surface area contributed by atoms with Gasteiger partial charge >= 0.3 is 0 Å². The van der Waals surface area contributed by atoms with Gasteiger partial charge < -0.3 is 5.73 Å². The Labute approximate surface area is 77.8 Å². The zero-order chi connectivity index (χ0) is 9.10. The molecule has 0 atom stereocenters. The normalized spacial score (nSPS) is 15.7. The molecule has 3 N–H and O–H groups in total. The first kappa shape index (κ1) is 8.38. The van der Waals surface area contributed by atoms with Crippen molar-refractivity contribution < 1.29 is 4.84 Å². The van der Waals surface area contributed by atoms with Gasteiger partial charge in [-0.25, -0.2) is 0 Å². The van der Waals surface area contributed by atoms with Crippen LogP contribution in [0, 0.1) is 5.92 Å². The fourth-order valence-corrected chi connectivity index (χ4v) is 1.11. The van der Waals surface area contributed by atoms with Gasteiger partial charge in [-0.2, -0.15) is 0 Å². The minimum absolute atomic E-state index is 0.721. The molecule has 1 aromatic rings. The Hall–Kier alpha value is -1.22. The van der Waals surface area contributed by atoms with Crippen LogP contribution in [0.1, 0.15) is 12.8 Å². The lowest BCUT2D eigenvalue weighted by molar-refractivity contribution is 0.182. The fraction of sp³-hybridized carbons (Fsp3) is 0.400. The molecule has 1 aliphatic carbocycles. The summed E-state index contributed by atoms with van der Waals surface area (Å²) in [5, 5.41) is 0. The second kappa shape index (κ2) is 3.66. The molecular formula is C10H14N2O. The summed E-state index contributed by atoms with van der Waals surface area (Å²) in [6.07, 6.45) is 2.60. The van der Waals surface area contributed by atoms with Crippen molar-refractivity contribution >= 4 is 11.4 Å². The van der Waals surface area contributed by atoms with Crippen molar-refractivity contribution in [3.8, 4) is 0 Å². The average Bonchev–Trinajstić information content (AvgIpc) is 2.92. The molecule has 3 heteroatoms. The number of nitrogen functional groups attached to an aromatic ring is 1. The topological polar surface area (TPSA) is 47.3 Å². The van der Waals surface area contributed by atoms with Gasteiger partial charge in [0.15, 0.2) is 0 Å². The van der Waals surface area contributed by atoms with E-state index in [1.54, 1.807) is 0 Å². The average molecular weight is 178 g/mol. The van der Waals surface area contributed by atoms with E-state index in [4.69, 9.17) is 10.6 Å². The van der Waals surface area contributed by atoms with Gasteiger partial charge in [-0.1, -0.05) is 12.1 Å². The van der Waals surface area contributed by atoms with Crippen LogP contribution >= 0.6 is 0 Å². The third kappa shape index (κ3) is 2.36. The SMILES string of the molecule is Nc1ccccc1NOCC1CC1. The highest BCUT2D eigenvalue weighted by molar-refractivity contribution is 5.64. The molecule has 70 valence electrons. The smallest absolute Gasteiger partial charge is 0.0833 e. The zero-order valence-electron chi connectivity index (χ0n) is 7.49. The first-order chi connectivity index (χ1) is 6.36. The van der Waals surface area contributed by atoms with E-state index in [0.29, 0.717) is 0 Å². The molecule has 0 heterocycles. The lowest BCUT2D eigenvalue weighted by atomic mass is 10.3. The minimum atomic E-state index is 0.721. The Morgan fingerprint density at radius 3 is 2.85 bits per heavy atom. The van der Waals surface area contributed by atoms with E-state index in [-0.39, 0.29) is 0 Å². The third-order valence-corrected chi connectivity index (χ3v) is 2.16. The molecule has 3 nitrogen and oxygen atoms in total. The molecule has 1 fully saturated rings. The molecule has 1 aliphatic rings. The van der Waals surface area contributed by atoms with Crippen LogP contribution in [0.4, 0.5) is 11.4 Å². The monoisotopic (exact) mass is 178 g/mol. The zero-order valence-corrected chi connectivity index (χ0v) is 7.49. The van der Waals surface area contributed by atoms with Gasteiger partial charge in [-0.15, -0.1) is 0 Å². The molecule has 2 rings (SSSR count). The van der Waals surface area contributed by atoms with E-state index < -0.39 is 0 Å². The number of rotatable bonds is 4. The molecule has 13 heavy (non-hydrogen) atoms. The molecule has 0 aliphatic heterocycles. The van der Waals surface area contributed by atoms with Gasteiger partial charge in [0, 0.05) is 0 Å². The van der Waals surface area contributed by atoms with Crippen LogP contribution < -0.4 is 11.2 Å². The van der Waals surface area contributed by atoms with Crippen molar-refractivity contribution in [2.75, 3.05) is 17.8 Å². The highest BCUT2D eigenvalue weighted by Gasteiger charge is 2.21. The van der Waals surface area contributed by atoms with Crippen molar-refractivity contribution in [2.24, 2.45) is 5.92 Å². The summed E-state index contributed by atoms with van der Waals surface area (Å²) in [5.74, 6) is 0.762. The lowest BCUT2D eigenvalue weighted by Gasteiger charge is -2.08. The third-order valence-electron chi connectivity index (χ3n) is 2.16. The molecule has 0 bridgehead atoms. The van der Waals surface area contributed by atoms with Gasteiger partial charge in [0.1, 0.15) is 0 Å². The van der Waals surface area contributed by atoms with Crippen molar-refractivity contribution in [1.29, 1.82) is 0 Å². The Kier molecular flexibility index (Phi) is 2.36. The van der Waals surface area contributed by atoms with Gasteiger partial charge in [-0.05, 0) is 30.9 Å². The van der Waals surface area contributed by atoms with Crippen LogP contribution in [-0.2, 0) is 4.84 Å². The van der Waals surface area contributed by atoms with Crippen LogP contribution in [-0.4, -0.2) is 6.61 Å². The number of anilines is 2. The summed E-state index contributed by atoms with van der Waals surface area (Å²) in [5.41, 5.74) is 10.1. The predicted molar refractivity (Wildman–Crippen MR) is 53.2 cm³/mol. The Morgan fingerprint density at radius 2 is 2.15 bits per heavy atom. The second-order valence-electron chi connectivity index (χ2n) is 3.44. The Balaban J connectivity index is 1.82. The number of benzene rings is 1. The maximum Gasteiger partial charge on any atom is 0.0833 e. The number of nitrogens with one attached hydrogen (secondary N) is 1. The molecule has 0 spiro atoms. The fourth-order valence-electron chi connectivity index (χ4n) is 1.11. The number of para-hydroxylation sites is 2. The standard InChI is InChI=1S/C10H14N2O/c11-9-3-1-2-4-10(9)12-13-7-8-5-6-8/h1-4,8,12H,5-7,11H2. The first-order valence-electron chi connectivity index (χ1n) is 4.58. The summed E-state index contributed by atoms with van der Waals surface area (Å²) in [6.45, 7) is 0.786. The largest absolute Gasteiger partial charge is 0.397 e. The second-order valence-corrected chi connectivity index (χ2v) is 3.44. The minimum Gasteiger partial charge on any atom is -0.397 e. The quantitative estimate of drug-likeness (QED) is 0.547. The van der Waals surface area contributed by atoms with Gasteiger partial charge in [0.05, 0.1) is 18.0 Å². The van der Waals surface area contributed by atoms with E-state index >= 15 is 0 Å². The summed E-state index contributed by atoms with van der Waals surface area (Å²) >= 11 is 0. The molecule has 0 unspecified atom stereocenters. The van der Waals surface area contributed by atoms with Crippen LogP contribution in [0.25, 0.3) is 0 Å². The van der Waals surface area contributed by atoms with Crippen LogP contribution in [0.3, 0.4) is 0 Å². The number of hydrogen-bond acceptors (Lipinski definition) is 3. The molecule has 0 amide bonds. The number of hydrogen-bond donors (Lipinski definition) is 2. The number of nitrogens with two attached hydrogens (primary N) is 1. The van der Waals surface area contributed by atoms with E-state index in [1.165, 1.54) is 12.8 Å². The van der Waals surface area contributed by atoms with Gasteiger partial charge in [0.2, 0.25) is 0 Å². The van der Waals surface area contributed by atoms with Crippen molar-refractivity contribution in [1.82, 2.24) is 0 Å². The van der Waals surface area contributed by atoms with Gasteiger partial charge in [-0.3, -0.25) is 10.3 Å². The maximum atomic E-state index is 5.71. The summed E-state index contributed by atoms with van der Waals surface area (Å²) in [7, 11) is 0. The van der Waals surface area contributed by atoms with E-state index in [9.17, 15) is 0 Å². The van der Waals surface area contributed by atoms with Crippen molar-refractivity contribution in [3.63, 3.8) is 0 Å². The van der Waals surface area contributed by atoms with Crippen molar-refractivity contribution in [2.45, 2.75) is 12.8 Å². The molecule has 0 saturated heterocycles. The highest BCUT2D eigenvalue weighted by atomic mass is 16.6. The van der Waals surface area contributed by atoms with E-state index in [0.717, 1.165) is 23.9 Å². The predicted octanol–water partition coefficient (Wildman–Crippen LogP) is 2.02. The molecule has 0 radical (unpaired) electrons.